The van der Waals surface area contributed by atoms with Crippen molar-refractivity contribution >= 4 is 33.3 Å². The maximum Gasteiger partial charge on any atom is 0.369 e. The van der Waals surface area contributed by atoms with Gasteiger partial charge in [-0.15, -0.1) is 11.6 Å². The molecule has 64 valence electrons. The summed E-state index contributed by atoms with van der Waals surface area (Å²) in [5.74, 6) is -0.101. The minimum absolute atomic E-state index is 0.0938. The second kappa shape index (κ2) is 3.82. The molecule has 0 saturated carbocycles. The molecule has 1 rings (SSSR count). The van der Waals surface area contributed by atoms with Crippen molar-refractivity contribution in [2.24, 2.45) is 0 Å². The van der Waals surface area contributed by atoms with Gasteiger partial charge in [0.25, 0.3) is 0 Å². The molecule has 0 aliphatic rings. The number of hydrogen-bond acceptors (Lipinski definition) is 3. The van der Waals surface area contributed by atoms with Crippen molar-refractivity contribution < 1.29 is 4.92 Å². The van der Waals surface area contributed by atoms with Crippen LogP contribution in [0.4, 0.5) is 5.82 Å². The Balaban J connectivity index is 3.21. The van der Waals surface area contributed by atoms with Crippen LogP contribution in [0, 0.1) is 10.1 Å². The molecule has 0 radical (unpaired) electrons. The fourth-order valence-electron chi connectivity index (χ4n) is 0.717. The molecule has 0 spiro atoms. The van der Waals surface area contributed by atoms with Crippen molar-refractivity contribution in [2.45, 2.75) is 5.88 Å². The van der Waals surface area contributed by atoms with Crippen LogP contribution >= 0.6 is 27.5 Å². The highest BCUT2D eigenvalue weighted by atomic mass is 79.9. The van der Waals surface area contributed by atoms with E-state index in [9.17, 15) is 10.1 Å². The number of hydrogen-bond donors (Lipinski definition) is 0. The van der Waals surface area contributed by atoms with Gasteiger partial charge in [0.15, 0.2) is 0 Å². The van der Waals surface area contributed by atoms with Crippen LogP contribution in [-0.4, -0.2) is 9.91 Å². The zero-order valence-corrected chi connectivity index (χ0v) is 8.17. The number of alkyl halides is 1. The highest BCUT2D eigenvalue weighted by molar-refractivity contribution is 9.10. The minimum atomic E-state index is -0.553. The lowest BCUT2D eigenvalue weighted by Gasteiger charge is -1.96. The summed E-state index contributed by atoms with van der Waals surface area (Å²) in [4.78, 5) is 13.5. The number of halogens is 2. The van der Waals surface area contributed by atoms with E-state index in [2.05, 4.69) is 20.9 Å². The van der Waals surface area contributed by atoms with E-state index < -0.39 is 4.92 Å². The lowest BCUT2D eigenvalue weighted by Crippen LogP contribution is -1.96. The van der Waals surface area contributed by atoms with Gasteiger partial charge in [0, 0.05) is 15.9 Å². The fourth-order valence-corrected chi connectivity index (χ4v) is 1.23. The molecule has 0 bridgehead atoms. The molecule has 0 aliphatic heterocycles. The summed E-state index contributed by atoms with van der Waals surface area (Å²) in [6, 6.07) is 3.19. The van der Waals surface area contributed by atoms with Gasteiger partial charge in [-0.05, 0) is 22.0 Å². The molecule has 0 amide bonds. The van der Waals surface area contributed by atoms with Crippen LogP contribution in [-0.2, 0) is 5.88 Å². The van der Waals surface area contributed by atoms with E-state index in [1.165, 1.54) is 0 Å². The van der Waals surface area contributed by atoms with Crippen molar-refractivity contribution in [2.75, 3.05) is 0 Å². The van der Waals surface area contributed by atoms with Crippen molar-refractivity contribution in [3.8, 4) is 0 Å². The fraction of sp³-hybridized carbons (Fsp3) is 0.167. The van der Waals surface area contributed by atoms with Gasteiger partial charge in [-0.3, -0.25) is 0 Å². The third-order valence-corrected chi connectivity index (χ3v) is 1.97. The number of rotatable bonds is 2. The summed E-state index contributed by atoms with van der Waals surface area (Å²) in [6.07, 6.45) is 0. The normalized spacial score (nSPS) is 9.83. The summed E-state index contributed by atoms with van der Waals surface area (Å²) in [5.41, 5.74) is 0.421. The second-order valence-electron chi connectivity index (χ2n) is 2.01. The van der Waals surface area contributed by atoms with E-state index in [0.29, 0.717) is 10.2 Å². The zero-order chi connectivity index (χ0) is 9.14. The Labute approximate surface area is 81.8 Å². The molecule has 0 saturated heterocycles. The van der Waals surface area contributed by atoms with Gasteiger partial charge in [0.1, 0.15) is 0 Å². The van der Waals surface area contributed by atoms with Gasteiger partial charge in [0.2, 0.25) is 4.60 Å². The largest absolute Gasteiger partial charge is 0.369 e. The maximum atomic E-state index is 10.4. The SMILES string of the molecule is O=[N+]([O-])c1nc(Br)ccc1CCl. The van der Waals surface area contributed by atoms with Gasteiger partial charge in [-0.25, -0.2) is 0 Å². The molecule has 4 nitrogen and oxygen atoms in total. The Hall–Kier alpha value is -0.680. The topological polar surface area (TPSA) is 56.0 Å². The van der Waals surface area contributed by atoms with Crippen molar-refractivity contribution in [1.82, 2.24) is 4.98 Å². The Bertz CT molecular complexity index is 318. The van der Waals surface area contributed by atoms with Crippen molar-refractivity contribution in [3.63, 3.8) is 0 Å². The van der Waals surface area contributed by atoms with E-state index >= 15 is 0 Å². The smallest absolute Gasteiger partial charge is 0.358 e. The molecule has 0 aromatic carbocycles. The Morgan fingerprint density at radius 3 is 2.83 bits per heavy atom. The Kier molecular flexibility index (Phi) is 2.99. The molecule has 1 heterocycles. The summed E-state index contributed by atoms with van der Waals surface area (Å²) >= 11 is 8.50. The zero-order valence-electron chi connectivity index (χ0n) is 5.83. The number of nitro groups is 1. The Morgan fingerprint density at radius 1 is 1.67 bits per heavy atom. The third-order valence-electron chi connectivity index (χ3n) is 1.24. The average molecular weight is 251 g/mol. The van der Waals surface area contributed by atoms with Crippen molar-refractivity contribution in [3.05, 3.63) is 32.4 Å². The predicted molar refractivity (Wildman–Crippen MR) is 48.1 cm³/mol. The van der Waals surface area contributed by atoms with Crippen LogP contribution in [0.5, 0.6) is 0 Å². The van der Waals surface area contributed by atoms with Gasteiger partial charge in [0.05, 0.1) is 11.4 Å². The minimum Gasteiger partial charge on any atom is -0.358 e. The second-order valence-corrected chi connectivity index (χ2v) is 3.09. The molecular weight excluding hydrogens is 247 g/mol. The summed E-state index contributed by atoms with van der Waals surface area (Å²) in [6.45, 7) is 0. The number of pyridine rings is 1. The molecule has 12 heavy (non-hydrogen) atoms. The van der Waals surface area contributed by atoms with Gasteiger partial charge >= 0.3 is 5.82 Å². The van der Waals surface area contributed by atoms with Crippen LogP contribution in [0.25, 0.3) is 0 Å². The van der Waals surface area contributed by atoms with Gasteiger partial charge < -0.3 is 10.1 Å². The van der Waals surface area contributed by atoms with Crippen molar-refractivity contribution in [1.29, 1.82) is 0 Å². The molecule has 1 aromatic heterocycles. The molecular formula is C6H4BrClN2O2. The number of nitrogens with zero attached hydrogens (tertiary/aromatic N) is 2. The molecule has 0 N–H and O–H groups in total. The van der Waals surface area contributed by atoms with Crippen LogP contribution in [0.2, 0.25) is 0 Å². The summed E-state index contributed by atoms with van der Waals surface area (Å²) < 4.78 is 0.433. The quantitative estimate of drug-likeness (QED) is 0.351. The predicted octanol–water partition coefficient (Wildman–Crippen LogP) is 2.49. The lowest BCUT2D eigenvalue weighted by atomic mass is 10.3. The summed E-state index contributed by atoms with van der Waals surface area (Å²) in [7, 11) is 0. The standard InChI is InChI=1S/C6H4BrClN2O2/c7-5-2-1-4(3-8)6(9-5)10(11)12/h1-2H,3H2. The first-order valence-corrected chi connectivity index (χ1v) is 4.33. The van der Waals surface area contributed by atoms with E-state index in [-0.39, 0.29) is 11.7 Å². The molecule has 6 heteroatoms. The Morgan fingerprint density at radius 2 is 2.33 bits per heavy atom. The monoisotopic (exact) mass is 250 g/mol. The molecule has 0 aliphatic carbocycles. The van der Waals surface area contributed by atoms with E-state index in [4.69, 9.17) is 11.6 Å². The first-order valence-electron chi connectivity index (χ1n) is 3.01. The first kappa shape index (κ1) is 9.41. The molecule has 0 unspecified atom stereocenters. The van der Waals surface area contributed by atoms with E-state index in [0.717, 1.165) is 0 Å². The van der Waals surface area contributed by atoms with E-state index in [1.807, 2.05) is 0 Å². The van der Waals surface area contributed by atoms with Crippen LogP contribution in [0.3, 0.4) is 0 Å². The van der Waals surface area contributed by atoms with E-state index in [1.54, 1.807) is 12.1 Å². The summed E-state index contributed by atoms with van der Waals surface area (Å²) in [5, 5.41) is 10.4. The van der Waals surface area contributed by atoms with Crippen LogP contribution in [0.1, 0.15) is 5.56 Å². The van der Waals surface area contributed by atoms with Crippen LogP contribution < -0.4 is 0 Å². The molecule has 0 atom stereocenters. The number of aromatic nitrogens is 1. The molecule has 1 aromatic rings. The van der Waals surface area contributed by atoms with Crippen LogP contribution in [0.15, 0.2) is 16.7 Å². The molecule has 0 fully saturated rings. The first-order chi connectivity index (χ1) is 5.65. The lowest BCUT2D eigenvalue weighted by molar-refractivity contribution is -0.390. The third kappa shape index (κ3) is 1.92. The van der Waals surface area contributed by atoms with Gasteiger partial charge in [-0.2, -0.15) is 0 Å². The highest BCUT2D eigenvalue weighted by Gasteiger charge is 2.14. The maximum absolute atomic E-state index is 10.4. The van der Waals surface area contributed by atoms with Gasteiger partial charge in [-0.1, -0.05) is 0 Å². The highest BCUT2D eigenvalue weighted by Crippen LogP contribution is 2.20. The average Bonchev–Trinajstić information content (AvgIpc) is 2.04.